The molecule has 2 aliphatic carbocycles. The van der Waals surface area contributed by atoms with Gasteiger partial charge in [0, 0.05) is 5.41 Å². The van der Waals surface area contributed by atoms with Crippen LogP contribution in [0.3, 0.4) is 0 Å². The highest BCUT2D eigenvalue weighted by Gasteiger charge is 2.84. The summed E-state index contributed by atoms with van der Waals surface area (Å²) in [7, 11) is 0. The molecule has 1 spiro atoms. The molecule has 2 fully saturated rings. The highest BCUT2D eigenvalue weighted by Crippen LogP contribution is 2.82. The number of halogens is 2. The predicted octanol–water partition coefficient (Wildman–Crippen LogP) is 1.65. The van der Waals surface area contributed by atoms with E-state index < -0.39 is 16.2 Å². The van der Waals surface area contributed by atoms with Crippen molar-refractivity contribution in [3.05, 3.63) is 0 Å². The molecule has 2 nitrogen and oxygen atoms in total. The second-order valence-corrected chi connectivity index (χ2v) is 4.44. The first-order valence-electron chi connectivity index (χ1n) is 3.13. The molecular formula is C6H6Cl2O2. The molecule has 1 unspecified atom stereocenters. The third-order valence-corrected chi connectivity index (χ3v) is 3.72. The molecule has 2 aliphatic rings. The van der Waals surface area contributed by atoms with E-state index in [0.717, 1.165) is 12.8 Å². The molecule has 0 aromatic carbocycles. The van der Waals surface area contributed by atoms with Crippen molar-refractivity contribution >= 4 is 29.2 Å². The number of rotatable bonds is 1. The van der Waals surface area contributed by atoms with Gasteiger partial charge in [-0.1, -0.05) is 0 Å². The summed E-state index contributed by atoms with van der Waals surface area (Å²) < 4.78 is -0.959. The number of aliphatic carboxylic acids is 1. The van der Waals surface area contributed by atoms with E-state index in [9.17, 15) is 4.79 Å². The van der Waals surface area contributed by atoms with Gasteiger partial charge in [0.1, 0.15) is 4.33 Å². The third-order valence-electron chi connectivity index (χ3n) is 2.53. The lowest BCUT2D eigenvalue weighted by molar-refractivity contribution is -0.139. The van der Waals surface area contributed by atoms with Crippen molar-refractivity contribution in [3.8, 4) is 0 Å². The Morgan fingerprint density at radius 1 is 1.50 bits per heavy atom. The fraction of sp³-hybridized carbons (Fsp3) is 0.833. The molecule has 0 bridgehead atoms. The van der Waals surface area contributed by atoms with Gasteiger partial charge in [0.05, 0.1) is 5.92 Å². The summed E-state index contributed by atoms with van der Waals surface area (Å²) in [5.41, 5.74) is -0.234. The zero-order chi connectivity index (χ0) is 7.57. The molecule has 0 radical (unpaired) electrons. The Hall–Kier alpha value is 0.0500. The van der Waals surface area contributed by atoms with Gasteiger partial charge in [-0.15, -0.1) is 23.2 Å². The zero-order valence-corrected chi connectivity index (χ0v) is 6.61. The van der Waals surface area contributed by atoms with Crippen LogP contribution in [0.2, 0.25) is 0 Å². The highest BCUT2D eigenvalue weighted by atomic mass is 35.5. The first-order chi connectivity index (χ1) is 4.52. The summed E-state index contributed by atoms with van der Waals surface area (Å²) in [6, 6.07) is 0. The van der Waals surface area contributed by atoms with E-state index in [-0.39, 0.29) is 5.41 Å². The van der Waals surface area contributed by atoms with Crippen molar-refractivity contribution in [2.45, 2.75) is 17.2 Å². The maximum absolute atomic E-state index is 10.5. The number of carboxylic acid groups (broad SMARTS) is 1. The molecule has 4 heteroatoms. The molecule has 0 aromatic rings. The Labute approximate surface area is 68.1 Å². The van der Waals surface area contributed by atoms with Gasteiger partial charge < -0.3 is 5.11 Å². The third kappa shape index (κ3) is 0.509. The van der Waals surface area contributed by atoms with Crippen LogP contribution in [0.25, 0.3) is 0 Å². The van der Waals surface area contributed by atoms with Crippen LogP contribution in [0.1, 0.15) is 12.8 Å². The monoisotopic (exact) mass is 180 g/mol. The summed E-state index contributed by atoms with van der Waals surface area (Å²) in [6.07, 6.45) is 1.74. The van der Waals surface area contributed by atoms with Crippen LogP contribution >= 0.6 is 23.2 Å². The first kappa shape index (κ1) is 6.74. The van der Waals surface area contributed by atoms with E-state index in [1.807, 2.05) is 0 Å². The maximum atomic E-state index is 10.5. The molecule has 2 rings (SSSR count). The van der Waals surface area contributed by atoms with Crippen LogP contribution < -0.4 is 0 Å². The van der Waals surface area contributed by atoms with Crippen molar-refractivity contribution in [3.63, 3.8) is 0 Å². The minimum atomic E-state index is -0.959. The predicted molar refractivity (Wildman–Crippen MR) is 37.2 cm³/mol. The van der Waals surface area contributed by atoms with E-state index in [0.29, 0.717) is 0 Å². The fourth-order valence-electron chi connectivity index (χ4n) is 1.66. The van der Waals surface area contributed by atoms with Crippen LogP contribution in [0.15, 0.2) is 0 Å². The maximum Gasteiger partial charge on any atom is 0.310 e. The smallest absolute Gasteiger partial charge is 0.310 e. The lowest BCUT2D eigenvalue weighted by atomic mass is 10.3. The Balaban J connectivity index is 2.23. The molecule has 0 amide bonds. The molecule has 1 atom stereocenters. The lowest BCUT2D eigenvalue weighted by Gasteiger charge is -1.89. The molecule has 56 valence electrons. The average molecular weight is 181 g/mol. The van der Waals surface area contributed by atoms with E-state index >= 15 is 0 Å². The summed E-state index contributed by atoms with van der Waals surface area (Å²) in [4.78, 5) is 10.5. The number of hydrogen-bond donors (Lipinski definition) is 1. The van der Waals surface area contributed by atoms with Crippen LogP contribution in [-0.2, 0) is 4.79 Å². The minimum absolute atomic E-state index is 0.234. The van der Waals surface area contributed by atoms with E-state index in [1.165, 1.54) is 0 Å². The summed E-state index contributed by atoms with van der Waals surface area (Å²) >= 11 is 11.5. The average Bonchev–Trinajstić information content (AvgIpc) is 2.51. The quantitative estimate of drug-likeness (QED) is 0.624. The van der Waals surface area contributed by atoms with Crippen LogP contribution in [0.4, 0.5) is 0 Å². The second-order valence-electron chi connectivity index (χ2n) is 3.05. The summed E-state index contributed by atoms with van der Waals surface area (Å²) in [5, 5.41) is 8.60. The van der Waals surface area contributed by atoms with E-state index in [2.05, 4.69) is 0 Å². The highest BCUT2D eigenvalue weighted by molar-refractivity contribution is 6.53. The first-order valence-corrected chi connectivity index (χ1v) is 3.88. The van der Waals surface area contributed by atoms with Gasteiger partial charge in [0.2, 0.25) is 0 Å². The molecule has 0 aliphatic heterocycles. The number of carbonyl (C=O) groups is 1. The molecule has 2 saturated carbocycles. The van der Waals surface area contributed by atoms with Crippen LogP contribution in [0.5, 0.6) is 0 Å². The van der Waals surface area contributed by atoms with Gasteiger partial charge in [0.15, 0.2) is 0 Å². The normalized spacial score (nSPS) is 37.6. The van der Waals surface area contributed by atoms with Gasteiger partial charge >= 0.3 is 5.97 Å². The number of hydrogen-bond acceptors (Lipinski definition) is 1. The molecule has 0 saturated heterocycles. The molecule has 0 aromatic heterocycles. The van der Waals surface area contributed by atoms with E-state index in [4.69, 9.17) is 28.3 Å². The standard InChI is InChI=1S/C6H6Cl2O2/c7-6(8)3(4(9)10)5(6)1-2-5/h3H,1-2H2,(H,9,10). The van der Waals surface area contributed by atoms with Gasteiger partial charge in [-0.2, -0.15) is 0 Å². The Bertz CT molecular complexity index is 204. The Kier molecular flexibility index (Phi) is 0.983. The molecular weight excluding hydrogens is 175 g/mol. The van der Waals surface area contributed by atoms with Crippen molar-refractivity contribution in [1.29, 1.82) is 0 Å². The largest absolute Gasteiger partial charge is 0.481 e. The fourth-order valence-corrected chi connectivity index (χ4v) is 2.75. The van der Waals surface area contributed by atoms with Crippen molar-refractivity contribution < 1.29 is 9.90 Å². The van der Waals surface area contributed by atoms with Crippen molar-refractivity contribution in [2.24, 2.45) is 11.3 Å². The van der Waals surface area contributed by atoms with Crippen molar-refractivity contribution in [1.82, 2.24) is 0 Å². The van der Waals surface area contributed by atoms with Crippen LogP contribution in [0, 0.1) is 11.3 Å². The van der Waals surface area contributed by atoms with Gasteiger partial charge in [-0.25, -0.2) is 0 Å². The molecule has 0 heterocycles. The second kappa shape index (κ2) is 1.46. The topological polar surface area (TPSA) is 37.3 Å². The van der Waals surface area contributed by atoms with Gasteiger partial charge in [0.25, 0.3) is 0 Å². The summed E-state index contributed by atoms with van der Waals surface area (Å²) in [5.74, 6) is -1.37. The van der Waals surface area contributed by atoms with Crippen molar-refractivity contribution in [2.75, 3.05) is 0 Å². The lowest BCUT2D eigenvalue weighted by Crippen LogP contribution is -2.03. The Morgan fingerprint density at radius 3 is 2.10 bits per heavy atom. The van der Waals surface area contributed by atoms with E-state index in [1.54, 1.807) is 0 Å². The SMILES string of the molecule is O=C(O)C1C(Cl)(Cl)C12CC2. The molecule has 10 heavy (non-hydrogen) atoms. The zero-order valence-electron chi connectivity index (χ0n) is 5.10. The Morgan fingerprint density at radius 2 is 2.00 bits per heavy atom. The minimum Gasteiger partial charge on any atom is -0.481 e. The summed E-state index contributed by atoms with van der Waals surface area (Å²) in [6.45, 7) is 0. The van der Waals surface area contributed by atoms with Gasteiger partial charge in [-0.05, 0) is 12.8 Å². The molecule has 1 N–H and O–H groups in total. The number of alkyl halides is 2. The number of carboxylic acids is 1. The van der Waals surface area contributed by atoms with Crippen LogP contribution in [-0.4, -0.2) is 15.4 Å². The van der Waals surface area contributed by atoms with Gasteiger partial charge in [-0.3, -0.25) is 4.79 Å².